The van der Waals surface area contributed by atoms with Crippen LogP contribution in [0.1, 0.15) is 38.2 Å². The largest absolute Gasteiger partial charge is 0.390 e. The molecular formula is C16H22BrFO2. The highest BCUT2D eigenvalue weighted by atomic mass is 79.9. The number of aliphatic hydroxyl groups excluding tert-OH is 1. The van der Waals surface area contributed by atoms with Gasteiger partial charge in [-0.15, -0.1) is 0 Å². The first-order chi connectivity index (χ1) is 9.47. The van der Waals surface area contributed by atoms with Crippen LogP contribution in [-0.2, 0) is 11.2 Å². The SMILES string of the molecule is COC1(C(O)Cc2ccc(F)c(Br)c2)CCC(C)CC1. The Hall–Kier alpha value is -0.450. The van der Waals surface area contributed by atoms with Gasteiger partial charge >= 0.3 is 0 Å². The summed E-state index contributed by atoms with van der Waals surface area (Å²) in [4.78, 5) is 0. The monoisotopic (exact) mass is 344 g/mol. The third kappa shape index (κ3) is 3.41. The Labute approximate surface area is 128 Å². The van der Waals surface area contributed by atoms with Crippen molar-refractivity contribution in [3.8, 4) is 0 Å². The van der Waals surface area contributed by atoms with E-state index in [1.807, 2.05) is 0 Å². The molecule has 1 aliphatic carbocycles. The summed E-state index contributed by atoms with van der Waals surface area (Å²) in [5.74, 6) is 0.418. The lowest BCUT2D eigenvalue weighted by Gasteiger charge is -2.41. The van der Waals surface area contributed by atoms with Crippen LogP contribution >= 0.6 is 15.9 Å². The number of methoxy groups -OCH3 is 1. The van der Waals surface area contributed by atoms with Crippen LogP contribution in [0, 0.1) is 11.7 Å². The molecule has 1 unspecified atom stereocenters. The van der Waals surface area contributed by atoms with E-state index in [0.717, 1.165) is 31.2 Å². The number of benzene rings is 1. The second-order valence-corrected chi connectivity index (χ2v) is 6.77. The number of hydrogen-bond acceptors (Lipinski definition) is 2. The topological polar surface area (TPSA) is 29.5 Å². The molecule has 1 aromatic rings. The summed E-state index contributed by atoms with van der Waals surface area (Å²) in [6, 6.07) is 4.88. The minimum Gasteiger partial charge on any atom is -0.390 e. The predicted molar refractivity (Wildman–Crippen MR) is 81.2 cm³/mol. The molecular weight excluding hydrogens is 323 g/mol. The highest BCUT2D eigenvalue weighted by molar-refractivity contribution is 9.10. The van der Waals surface area contributed by atoms with Gasteiger partial charge < -0.3 is 9.84 Å². The smallest absolute Gasteiger partial charge is 0.137 e. The van der Waals surface area contributed by atoms with Crippen molar-refractivity contribution in [2.75, 3.05) is 7.11 Å². The van der Waals surface area contributed by atoms with Crippen LogP contribution in [0.5, 0.6) is 0 Å². The average Bonchev–Trinajstić information content (AvgIpc) is 2.44. The van der Waals surface area contributed by atoms with Gasteiger partial charge in [-0.05, 0) is 65.2 Å². The minimum atomic E-state index is -0.558. The molecule has 1 aliphatic rings. The van der Waals surface area contributed by atoms with E-state index >= 15 is 0 Å². The van der Waals surface area contributed by atoms with Crippen molar-refractivity contribution in [2.24, 2.45) is 5.92 Å². The van der Waals surface area contributed by atoms with E-state index in [0.29, 0.717) is 16.8 Å². The van der Waals surface area contributed by atoms with E-state index in [2.05, 4.69) is 22.9 Å². The van der Waals surface area contributed by atoms with E-state index in [4.69, 9.17) is 4.74 Å². The van der Waals surface area contributed by atoms with Crippen LogP contribution in [0.2, 0.25) is 0 Å². The maximum absolute atomic E-state index is 13.2. The highest BCUT2D eigenvalue weighted by Gasteiger charge is 2.40. The van der Waals surface area contributed by atoms with Gasteiger partial charge in [0.1, 0.15) is 5.82 Å². The van der Waals surface area contributed by atoms with Crippen molar-refractivity contribution in [1.82, 2.24) is 0 Å². The molecule has 0 aliphatic heterocycles. The molecule has 0 amide bonds. The first kappa shape index (κ1) is 15.9. The zero-order chi connectivity index (χ0) is 14.8. The van der Waals surface area contributed by atoms with Gasteiger partial charge in [0.2, 0.25) is 0 Å². The van der Waals surface area contributed by atoms with Crippen molar-refractivity contribution in [3.05, 3.63) is 34.1 Å². The molecule has 4 heteroatoms. The molecule has 0 bridgehead atoms. The van der Waals surface area contributed by atoms with Crippen LogP contribution in [-0.4, -0.2) is 23.9 Å². The lowest BCUT2D eigenvalue weighted by Crippen LogP contribution is -2.47. The molecule has 2 nitrogen and oxygen atoms in total. The van der Waals surface area contributed by atoms with Crippen LogP contribution in [0.4, 0.5) is 4.39 Å². The molecule has 0 radical (unpaired) electrons. The quantitative estimate of drug-likeness (QED) is 0.891. The fourth-order valence-corrected chi connectivity index (χ4v) is 3.43. The Morgan fingerprint density at radius 2 is 2.10 bits per heavy atom. The van der Waals surface area contributed by atoms with Gasteiger partial charge in [-0.3, -0.25) is 0 Å². The number of halogens is 2. The molecule has 20 heavy (non-hydrogen) atoms. The standard InChI is InChI=1S/C16H22BrFO2/c1-11-5-7-16(20-2,8-6-11)15(19)10-12-3-4-14(18)13(17)9-12/h3-4,9,11,15,19H,5-8,10H2,1-2H3. The molecule has 0 aromatic heterocycles. The predicted octanol–water partition coefficient (Wildman–Crippen LogP) is 4.09. The van der Waals surface area contributed by atoms with Crippen LogP contribution < -0.4 is 0 Å². The van der Waals surface area contributed by atoms with Gasteiger partial charge in [0.15, 0.2) is 0 Å². The van der Waals surface area contributed by atoms with Crippen molar-refractivity contribution in [3.63, 3.8) is 0 Å². The normalized spacial score (nSPS) is 28.4. The van der Waals surface area contributed by atoms with E-state index < -0.39 is 11.7 Å². The van der Waals surface area contributed by atoms with Crippen molar-refractivity contribution in [2.45, 2.75) is 50.7 Å². The fourth-order valence-electron chi connectivity index (χ4n) is 3.00. The number of aliphatic hydroxyl groups is 1. The fraction of sp³-hybridized carbons (Fsp3) is 0.625. The summed E-state index contributed by atoms with van der Waals surface area (Å²) in [5, 5.41) is 10.6. The number of ether oxygens (including phenoxy) is 1. The van der Waals surface area contributed by atoms with Gasteiger partial charge in [0, 0.05) is 13.5 Å². The van der Waals surface area contributed by atoms with E-state index in [9.17, 15) is 9.50 Å². The summed E-state index contributed by atoms with van der Waals surface area (Å²) in [7, 11) is 1.68. The summed E-state index contributed by atoms with van der Waals surface area (Å²) in [6.07, 6.45) is 3.86. The van der Waals surface area contributed by atoms with Gasteiger partial charge in [0.25, 0.3) is 0 Å². The molecule has 0 heterocycles. The van der Waals surface area contributed by atoms with Crippen molar-refractivity contribution in [1.29, 1.82) is 0 Å². The molecule has 1 atom stereocenters. The zero-order valence-corrected chi connectivity index (χ0v) is 13.6. The minimum absolute atomic E-state index is 0.281. The average molecular weight is 345 g/mol. The van der Waals surface area contributed by atoms with Gasteiger partial charge in [-0.25, -0.2) is 4.39 Å². The summed E-state index contributed by atoms with van der Waals surface area (Å²) in [5.41, 5.74) is 0.466. The van der Waals surface area contributed by atoms with Gasteiger partial charge in [0.05, 0.1) is 16.2 Å². The first-order valence-corrected chi connectivity index (χ1v) is 7.93. The molecule has 0 saturated heterocycles. The van der Waals surface area contributed by atoms with Gasteiger partial charge in [-0.2, -0.15) is 0 Å². The van der Waals surface area contributed by atoms with Gasteiger partial charge in [-0.1, -0.05) is 13.0 Å². The molecule has 1 fully saturated rings. The molecule has 2 rings (SSSR count). The second kappa shape index (κ2) is 6.54. The Morgan fingerprint density at radius 1 is 1.45 bits per heavy atom. The van der Waals surface area contributed by atoms with Crippen LogP contribution in [0.25, 0.3) is 0 Å². The van der Waals surface area contributed by atoms with Crippen molar-refractivity contribution >= 4 is 15.9 Å². The highest BCUT2D eigenvalue weighted by Crippen LogP contribution is 2.38. The van der Waals surface area contributed by atoms with Crippen molar-refractivity contribution < 1.29 is 14.2 Å². The third-order valence-electron chi connectivity index (χ3n) is 4.55. The Kier molecular flexibility index (Phi) is 5.21. The number of hydrogen-bond donors (Lipinski definition) is 1. The molecule has 1 saturated carbocycles. The summed E-state index contributed by atoms with van der Waals surface area (Å²) in [6.45, 7) is 2.24. The third-order valence-corrected chi connectivity index (χ3v) is 5.16. The maximum Gasteiger partial charge on any atom is 0.137 e. The second-order valence-electron chi connectivity index (χ2n) is 5.92. The molecule has 0 spiro atoms. The Bertz CT molecular complexity index is 456. The Morgan fingerprint density at radius 3 is 2.65 bits per heavy atom. The van der Waals surface area contributed by atoms with Crippen LogP contribution in [0.15, 0.2) is 22.7 Å². The van der Waals surface area contributed by atoms with E-state index in [1.54, 1.807) is 19.2 Å². The number of rotatable bonds is 4. The molecule has 1 aromatic carbocycles. The van der Waals surface area contributed by atoms with Crippen LogP contribution in [0.3, 0.4) is 0 Å². The summed E-state index contributed by atoms with van der Waals surface area (Å²) >= 11 is 3.18. The molecule has 1 N–H and O–H groups in total. The zero-order valence-electron chi connectivity index (χ0n) is 12.0. The Balaban J connectivity index is 2.09. The lowest BCUT2D eigenvalue weighted by atomic mass is 9.75. The summed E-state index contributed by atoms with van der Waals surface area (Å²) < 4.78 is 19.4. The lowest BCUT2D eigenvalue weighted by molar-refractivity contribution is -0.127. The van der Waals surface area contributed by atoms with E-state index in [1.165, 1.54) is 6.07 Å². The maximum atomic E-state index is 13.2. The van der Waals surface area contributed by atoms with E-state index in [-0.39, 0.29) is 5.82 Å². The first-order valence-electron chi connectivity index (χ1n) is 7.14. The molecule has 112 valence electrons.